The van der Waals surface area contributed by atoms with E-state index in [1.807, 2.05) is 24.3 Å². The van der Waals surface area contributed by atoms with Gasteiger partial charge in [-0.15, -0.1) is 0 Å². The Bertz CT molecular complexity index is 656. The Morgan fingerprint density at radius 1 is 1.00 bits per heavy atom. The second-order valence-electron chi connectivity index (χ2n) is 3.80. The first-order chi connectivity index (χ1) is 8.24. The molecule has 17 heavy (non-hydrogen) atoms. The molecule has 1 aromatic heterocycles. The minimum absolute atomic E-state index is 0.00376. The van der Waals surface area contributed by atoms with Crippen LogP contribution < -0.4 is 0 Å². The van der Waals surface area contributed by atoms with Gasteiger partial charge in [0, 0.05) is 6.07 Å². The van der Waals surface area contributed by atoms with Crippen LogP contribution in [0.2, 0.25) is 0 Å². The van der Waals surface area contributed by atoms with Gasteiger partial charge in [-0.2, -0.15) is 0 Å². The summed E-state index contributed by atoms with van der Waals surface area (Å²) in [5.41, 5.74) is 2.32. The largest absolute Gasteiger partial charge is 0.508 e. The number of imidazole rings is 1. The molecule has 0 spiro atoms. The molecule has 3 N–H and O–H groups in total. The first-order valence-corrected chi connectivity index (χ1v) is 5.21. The predicted octanol–water partition coefficient (Wildman–Crippen LogP) is 2.64. The highest BCUT2D eigenvalue weighted by Crippen LogP contribution is 2.31. The van der Waals surface area contributed by atoms with Crippen molar-refractivity contribution in [2.75, 3.05) is 0 Å². The average Bonchev–Trinajstić information content (AvgIpc) is 2.72. The molecule has 0 aliphatic carbocycles. The van der Waals surface area contributed by atoms with Crippen molar-refractivity contribution >= 4 is 11.0 Å². The van der Waals surface area contributed by atoms with Crippen LogP contribution in [0.3, 0.4) is 0 Å². The lowest BCUT2D eigenvalue weighted by Gasteiger charge is -2.00. The average molecular weight is 226 g/mol. The number of hydrogen-bond acceptors (Lipinski definition) is 3. The van der Waals surface area contributed by atoms with Gasteiger partial charge in [0.15, 0.2) is 0 Å². The van der Waals surface area contributed by atoms with Crippen molar-refractivity contribution in [3.8, 4) is 22.9 Å². The zero-order valence-electron chi connectivity index (χ0n) is 8.88. The maximum absolute atomic E-state index is 9.75. The molecule has 4 heteroatoms. The van der Waals surface area contributed by atoms with E-state index in [1.165, 1.54) is 12.1 Å². The molecule has 3 rings (SSSR count). The first kappa shape index (κ1) is 9.72. The molecule has 0 bridgehead atoms. The van der Waals surface area contributed by atoms with Crippen LogP contribution in [-0.4, -0.2) is 20.2 Å². The molecule has 0 fully saturated rings. The standard InChI is InChI=1S/C13H10N2O2/c16-8-5-6-9(12(17)7-8)13-14-10-3-1-2-4-11(10)15-13/h1-7,16-17H,(H,14,15). The summed E-state index contributed by atoms with van der Waals surface area (Å²) in [6.45, 7) is 0. The van der Waals surface area contributed by atoms with Crippen molar-refractivity contribution in [1.29, 1.82) is 0 Å². The number of benzene rings is 2. The van der Waals surface area contributed by atoms with E-state index in [0.717, 1.165) is 11.0 Å². The minimum Gasteiger partial charge on any atom is -0.508 e. The normalized spacial score (nSPS) is 10.8. The van der Waals surface area contributed by atoms with Crippen molar-refractivity contribution in [3.05, 3.63) is 42.5 Å². The number of aromatic amines is 1. The third-order valence-electron chi connectivity index (χ3n) is 2.63. The van der Waals surface area contributed by atoms with Crippen molar-refractivity contribution in [1.82, 2.24) is 9.97 Å². The molecule has 0 saturated heterocycles. The van der Waals surface area contributed by atoms with E-state index in [0.29, 0.717) is 11.4 Å². The Morgan fingerprint density at radius 2 is 1.82 bits per heavy atom. The van der Waals surface area contributed by atoms with E-state index < -0.39 is 0 Å². The molecular formula is C13H10N2O2. The maximum atomic E-state index is 9.75. The van der Waals surface area contributed by atoms with Crippen LogP contribution in [0.15, 0.2) is 42.5 Å². The van der Waals surface area contributed by atoms with Crippen LogP contribution in [0.1, 0.15) is 0 Å². The number of phenolic OH excluding ortho intramolecular Hbond substituents is 2. The van der Waals surface area contributed by atoms with E-state index in [1.54, 1.807) is 6.07 Å². The molecule has 0 aliphatic rings. The van der Waals surface area contributed by atoms with E-state index in [9.17, 15) is 10.2 Å². The molecule has 2 aromatic carbocycles. The smallest absolute Gasteiger partial charge is 0.142 e. The van der Waals surface area contributed by atoms with Crippen LogP contribution in [0.5, 0.6) is 11.5 Å². The summed E-state index contributed by atoms with van der Waals surface area (Å²) in [5, 5.41) is 19.0. The Hall–Kier alpha value is -2.49. The molecule has 0 unspecified atom stereocenters. The number of hydrogen-bond donors (Lipinski definition) is 3. The Balaban J connectivity index is 2.20. The lowest BCUT2D eigenvalue weighted by atomic mass is 10.2. The molecule has 1 heterocycles. The number of H-pyrrole nitrogens is 1. The summed E-state index contributed by atoms with van der Waals surface area (Å²) in [5.74, 6) is 0.620. The van der Waals surface area contributed by atoms with Crippen LogP contribution >= 0.6 is 0 Å². The van der Waals surface area contributed by atoms with Gasteiger partial charge in [0.05, 0.1) is 16.6 Å². The van der Waals surface area contributed by atoms with E-state index in [-0.39, 0.29) is 11.5 Å². The topological polar surface area (TPSA) is 69.1 Å². The number of fused-ring (bicyclic) bond motifs is 1. The van der Waals surface area contributed by atoms with Gasteiger partial charge in [-0.1, -0.05) is 12.1 Å². The highest BCUT2D eigenvalue weighted by atomic mass is 16.3. The molecule has 4 nitrogen and oxygen atoms in total. The van der Waals surface area contributed by atoms with Gasteiger partial charge in [0.2, 0.25) is 0 Å². The number of aromatic hydroxyl groups is 2. The van der Waals surface area contributed by atoms with Crippen LogP contribution in [0.4, 0.5) is 0 Å². The lowest BCUT2D eigenvalue weighted by molar-refractivity contribution is 0.451. The third kappa shape index (κ3) is 1.59. The number of phenols is 2. The summed E-state index contributed by atoms with van der Waals surface area (Å²) in [6.07, 6.45) is 0. The Labute approximate surface area is 97.2 Å². The van der Waals surface area contributed by atoms with Gasteiger partial charge in [0.1, 0.15) is 17.3 Å². The fourth-order valence-corrected chi connectivity index (χ4v) is 1.80. The summed E-state index contributed by atoms with van der Waals surface area (Å²) >= 11 is 0. The summed E-state index contributed by atoms with van der Waals surface area (Å²) < 4.78 is 0. The van der Waals surface area contributed by atoms with Crippen molar-refractivity contribution in [2.24, 2.45) is 0 Å². The van der Waals surface area contributed by atoms with Gasteiger partial charge >= 0.3 is 0 Å². The van der Waals surface area contributed by atoms with Gasteiger partial charge in [0.25, 0.3) is 0 Å². The quantitative estimate of drug-likeness (QED) is 0.597. The van der Waals surface area contributed by atoms with Gasteiger partial charge < -0.3 is 15.2 Å². The van der Waals surface area contributed by atoms with Gasteiger partial charge in [-0.25, -0.2) is 4.98 Å². The maximum Gasteiger partial charge on any atom is 0.142 e. The number of nitrogens with zero attached hydrogens (tertiary/aromatic N) is 1. The molecule has 3 aromatic rings. The number of nitrogens with one attached hydrogen (secondary N) is 1. The fraction of sp³-hybridized carbons (Fsp3) is 0. The van der Waals surface area contributed by atoms with E-state index in [4.69, 9.17) is 0 Å². The highest BCUT2D eigenvalue weighted by molar-refractivity contribution is 5.80. The molecule has 0 aliphatic heterocycles. The molecule has 0 saturated carbocycles. The Kier molecular flexibility index (Phi) is 2.01. The minimum atomic E-state index is 0.00376. The van der Waals surface area contributed by atoms with Crippen LogP contribution in [0.25, 0.3) is 22.4 Å². The monoisotopic (exact) mass is 226 g/mol. The molecule has 84 valence electrons. The summed E-state index contributed by atoms with van der Waals surface area (Å²) in [4.78, 5) is 7.50. The first-order valence-electron chi connectivity index (χ1n) is 5.21. The van der Waals surface area contributed by atoms with Crippen LogP contribution in [-0.2, 0) is 0 Å². The predicted molar refractivity (Wildman–Crippen MR) is 64.9 cm³/mol. The van der Waals surface area contributed by atoms with Crippen LogP contribution in [0, 0.1) is 0 Å². The molecule has 0 amide bonds. The zero-order valence-corrected chi connectivity index (χ0v) is 8.88. The van der Waals surface area contributed by atoms with E-state index in [2.05, 4.69) is 9.97 Å². The number of aromatic nitrogens is 2. The summed E-state index contributed by atoms with van der Waals surface area (Å²) in [6, 6.07) is 12.1. The van der Waals surface area contributed by atoms with Crippen molar-refractivity contribution in [3.63, 3.8) is 0 Å². The molecule has 0 radical (unpaired) electrons. The zero-order chi connectivity index (χ0) is 11.8. The van der Waals surface area contributed by atoms with Gasteiger partial charge in [-0.05, 0) is 24.3 Å². The second kappa shape index (κ2) is 3.52. The number of rotatable bonds is 1. The summed E-state index contributed by atoms with van der Waals surface area (Å²) in [7, 11) is 0. The third-order valence-corrected chi connectivity index (χ3v) is 2.63. The molecular weight excluding hydrogens is 216 g/mol. The molecule has 0 atom stereocenters. The second-order valence-corrected chi connectivity index (χ2v) is 3.80. The Morgan fingerprint density at radius 3 is 2.59 bits per heavy atom. The highest BCUT2D eigenvalue weighted by Gasteiger charge is 2.09. The SMILES string of the molecule is Oc1ccc(-c2nc3ccccc3[nH]2)c(O)c1. The van der Waals surface area contributed by atoms with Crippen molar-refractivity contribution in [2.45, 2.75) is 0 Å². The van der Waals surface area contributed by atoms with Gasteiger partial charge in [-0.3, -0.25) is 0 Å². The van der Waals surface area contributed by atoms with Crippen molar-refractivity contribution < 1.29 is 10.2 Å². The fourth-order valence-electron chi connectivity index (χ4n) is 1.80. The lowest BCUT2D eigenvalue weighted by Crippen LogP contribution is -1.81. The number of para-hydroxylation sites is 2. The van der Waals surface area contributed by atoms with E-state index >= 15 is 0 Å².